The highest BCUT2D eigenvalue weighted by Crippen LogP contribution is 2.25. The fourth-order valence-corrected chi connectivity index (χ4v) is 2.07. The lowest BCUT2D eigenvalue weighted by Crippen LogP contribution is -2.24. The minimum absolute atomic E-state index is 0.210. The summed E-state index contributed by atoms with van der Waals surface area (Å²) in [7, 11) is 1.69. The number of benzene rings is 1. The molecule has 4 nitrogen and oxygen atoms in total. The van der Waals surface area contributed by atoms with E-state index >= 15 is 0 Å². The highest BCUT2D eigenvalue weighted by molar-refractivity contribution is 5.94. The Labute approximate surface area is 94.4 Å². The summed E-state index contributed by atoms with van der Waals surface area (Å²) in [5, 5.41) is 9.09. The molecular formula is C12H15NO3. The van der Waals surface area contributed by atoms with Gasteiger partial charge in [0.1, 0.15) is 0 Å². The van der Waals surface area contributed by atoms with Crippen molar-refractivity contribution in [3.63, 3.8) is 0 Å². The number of carboxylic acids is 1. The van der Waals surface area contributed by atoms with E-state index in [0.29, 0.717) is 5.56 Å². The van der Waals surface area contributed by atoms with Crippen molar-refractivity contribution < 1.29 is 14.6 Å². The van der Waals surface area contributed by atoms with Gasteiger partial charge in [0.05, 0.1) is 17.4 Å². The van der Waals surface area contributed by atoms with Crippen molar-refractivity contribution in [2.75, 3.05) is 25.1 Å². The SMILES string of the molecule is CO[C@H]1CCN(c2ccccc2C(=O)O)C1. The fourth-order valence-electron chi connectivity index (χ4n) is 2.07. The largest absolute Gasteiger partial charge is 0.478 e. The molecule has 1 N–H and O–H groups in total. The summed E-state index contributed by atoms with van der Waals surface area (Å²) in [6, 6.07) is 7.10. The Hall–Kier alpha value is -1.55. The molecule has 0 amide bonds. The first-order valence-electron chi connectivity index (χ1n) is 5.32. The van der Waals surface area contributed by atoms with E-state index in [1.54, 1.807) is 19.2 Å². The Bertz CT molecular complexity index is 392. The first kappa shape index (κ1) is 11.0. The monoisotopic (exact) mass is 221 g/mol. The van der Waals surface area contributed by atoms with Gasteiger partial charge < -0.3 is 14.7 Å². The molecule has 1 atom stereocenters. The molecule has 86 valence electrons. The van der Waals surface area contributed by atoms with Crippen LogP contribution in [0.5, 0.6) is 0 Å². The van der Waals surface area contributed by atoms with Crippen LogP contribution < -0.4 is 4.90 Å². The molecule has 1 heterocycles. The number of hydrogen-bond acceptors (Lipinski definition) is 3. The van der Waals surface area contributed by atoms with Crippen LogP contribution in [0.2, 0.25) is 0 Å². The molecule has 16 heavy (non-hydrogen) atoms. The van der Waals surface area contributed by atoms with Crippen molar-refractivity contribution in [1.82, 2.24) is 0 Å². The molecule has 1 aromatic carbocycles. The number of carbonyl (C=O) groups is 1. The number of hydrogen-bond donors (Lipinski definition) is 1. The third kappa shape index (κ3) is 2.02. The summed E-state index contributed by atoms with van der Waals surface area (Å²) in [4.78, 5) is 13.1. The number of ether oxygens (including phenoxy) is 1. The molecule has 0 aromatic heterocycles. The zero-order chi connectivity index (χ0) is 11.5. The van der Waals surface area contributed by atoms with Crippen LogP contribution in [0.4, 0.5) is 5.69 Å². The maximum atomic E-state index is 11.1. The van der Waals surface area contributed by atoms with Crippen molar-refractivity contribution >= 4 is 11.7 Å². The normalized spacial score (nSPS) is 20.1. The van der Waals surface area contributed by atoms with E-state index in [1.807, 2.05) is 12.1 Å². The van der Waals surface area contributed by atoms with Crippen LogP contribution in [0.25, 0.3) is 0 Å². The molecule has 0 unspecified atom stereocenters. The summed E-state index contributed by atoms with van der Waals surface area (Å²) in [5.41, 5.74) is 1.15. The van der Waals surface area contributed by atoms with Crippen molar-refractivity contribution in [2.45, 2.75) is 12.5 Å². The van der Waals surface area contributed by atoms with E-state index in [0.717, 1.165) is 25.2 Å². The van der Waals surface area contributed by atoms with Crippen molar-refractivity contribution in [1.29, 1.82) is 0 Å². The second-order valence-corrected chi connectivity index (χ2v) is 3.91. The van der Waals surface area contributed by atoms with Crippen LogP contribution in [0.1, 0.15) is 16.8 Å². The van der Waals surface area contributed by atoms with Crippen LogP contribution in [0, 0.1) is 0 Å². The average Bonchev–Trinajstić information content (AvgIpc) is 2.77. The van der Waals surface area contributed by atoms with Crippen LogP contribution in [-0.2, 0) is 4.74 Å². The molecule has 1 aliphatic heterocycles. The van der Waals surface area contributed by atoms with Crippen LogP contribution in [0.3, 0.4) is 0 Å². The van der Waals surface area contributed by atoms with Crippen molar-refractivity contribution in [2.24, 2.45) is 0 Å². The Morgan fingerprint density at radius 1 is 1.50 bits per heavy atom. The first-order valence-corrected chi connectivity index (χ1v) is 5.32. The molecule has 1 aromatic rings. The molecule has 1 aliphatic rings. The maximum Gasteiger partial charge on any atom is 0.337 e. The quantitative estimate of drug-likeness (QED) is 0.842. The van der Waals surface area contributed by atoms with Gasteiger partial charge in [-0.1, -0.05) is 12.1 Å². The summed E-state index contributed by atoms with van der Waals surface area (Å²) in [6.45, 7) is 1.61. The fraction of sp³-hybridized carbons (Fsp3) is 0.417. The first-order chi connectivity index (χ1) is 7.72. The van der Waals surface area contributed by atoms with E-state index in [-0.39, 0.29) is 6.10 Å². The lowest BCUT2D eigenvalue weighted by molar-refractivity contribution is 0.0697. The second kappa shape index (κ2) is 4.53. The van der Waals surface area contributed by atoms with Gasteiger partial charge in [-0.25, -0.2) is 4.79 Å². The Balaban J connectivity index is 2.24. The number of anilines is 1. The highest BCUT2D eigenvalue weighted by Gasteiger charge is 2.24. The molecule has 1 saturated heterocycles. The zero-order valence-corrected chi connectivity index (χ0v) is 9.22. The minimum Gasteiger partial charge on any atom is -0.478 e. The Kier molecular flexibility index (Phi) is 3.10. The van der Waals surface area contributed by atoms with Gasteiger partial charge in [0.2, 0.25) is 0 Å². The predicted molar refractivity (Wildman–Crippen MR) is 61.0 cm³/mol. The van der Waals surface area contributed by atoms with E-state index in [2.05, 4.69) is 4.90 Å². The van der Waals surface area contributed by atoms with Crippen LogP contribution >= 0.6 is 0 Å². The third-order valence-electron chi connectivity index (χ3n) is 2.95. The lowest BCUT2D eigenvalue weighted by atomic mass is 10.1. The number of para-hydroxylation sites is 1. The van der Waals surface area contributed by atoms with Gasteiger partial charge in [0.15, 0.2) is 0 Å². The van der Waals surface area contributed by atoms with Crippen molar-refractivity contribution in [3.8, 4) is 0 Å². The van der Waals surface area contributed by atoms with Gasteiger partial charge in [-0.3, -0.25) is 0 Å². The molecular weight excluding hydrogens is 206 g/mol. The molecule has 2 rings (SSSR count). The molecule has 0 saturated carbocycles. The zero-order valence-electron chi connectivity index (χ0n) is 9.22. The number of aromatic carboxylic acids is 1. The second-order valence-electron chi connectivity index (χ2n) is 3.91. The number of carboxylic acid groups (broad SMARTS) is 1. The van der Waals surface area contributed by atoms with Crippen LogP contribution in [-0.4, -0.2) is 37.4 Å². The summed E-state index contributed by atoms with van der Waals surface area (Å²) in [6.07, 6.45) is 1.16. The van der Waals surface area contributed by atoms with E-state index < -0.39 is 5.97 Å². The van der Waals surface area contributed by atoms with Gasteiger partial charge in [-0.05, 0) is 18.6 Å². The lowest BCUT2D eigenvalue weighted by Gasteiger charge is -2.20. The Morgan fingerprint density at radius 2 is 2.25 bits per heavy atom. The van der Waals surface area contributed by atoms with E-state index in [9.17, 15) is 4.79 Å². The summed E-state index contributed by atoms with van der Waals surface area (Å²) < 4.78 is 5.27. The molecule has 0 aliphatic carbocycles. The summed E-state index contributed by atoms with van der Waals surface area (Å²) in [5.74, 6) is -0.878. The van der Waals surface area contributed by atoms with Crippen molar-refractivity contribution in [3.05, 3.63) is 29.8 Å². The molecule has 4 heteroatoms. The van der Waals surface area contributed by atoms with Gasteiger partial charge in [0, 0.05) is 20.2 Å². The van der Waals surface area contributed by atoms with E-state index in [4.69, 9.17) is 9.84 Å². The van der Waals surface area contributed by atoms with Gasteiger partial charge in [0.25, 0.3) is 0 Å². The highest BCUT2D eigenvalue weighted by atomic mass is 16.5. The average molecular weight is 221 g/mol. The summed E-state index contributed by atoms with van der Waals surface area (Å²) >= 11 is 0. The number of rotatable bonds is 3. The predicted octanol–water partition coefficient (Wildman–Crippen LogP) is 1.61. The maximum absolute atomic E-state index is 11.1. The minimum atomic E-state index is -0.878. The Morgan fingerprint density at radius 3 is 2.88 bits per heavy atom. The van der Waals surface area contributed by atoms with Gasteiger partial charge >= 0.3 is 5.97 Å². The number of nitrogens with zero attached hydrogens (tertiary/aromatic N) is 1. The molecule has 1 fully saturated rings. The topological polar surface area (TPSA) is 49.8 Å². The smallest absolute Gasteiger partial charge is 0.337 e. The standard InChI is InChI=1S/C12H15NO3/c1-16-9-6-7-13(8-9)11-5-3-2-4-10(11)12(14)15/h2-5,9H,6-8H2,1H3,(H,14,15)/t9-/m0/s1. The third-order valence-corrected chi connectivity index (χ3v) is 2.95. The van der Waals surface area contributed by atoms with E-state index in [1.165, 1.54) is 0 Å². The van der Waals surface area contributed by atoms with Gasteiger partial charge in [-0.15, -0.1) is 0 Å². The molecule has 0 spiro atoms. The molecule has 0 bridgehead atoms. The van der Waals surface area contributed by atoms with Crippen LogP contribution in [0.15, 0.2) is 24.3 Å². The number of methoxy groups -OCH3 is 1. The molecule has 0 radical (unpaired) electrons. The van der Waals surface area contributed by atoms with Gasteiger partial charge in [-0.2, -0.15) is 0 Å².